The number of hydrogen-bond donors (Lipinski definition) is 0. The van der Waals surface area contributed by atoms with Gasteiger partial charge in [-0.05, 0) is 36.4 Å². The number of sulfone groups is 1. The fraction of sp³-hybridized carbons (Fsp3) is 0. The van der Waals surface area contributed by atoms with E-state index in [0.29, 0.717) is 5.02 Å². The van der Waals surface area contributed by atoms with Crippen LogP contribution in [-0.2, 0) is 9.84 Å². The van der Waals surface area contributed by atoms with Crippen LogP contribution in [-0.4, -0.2) is 8.42 Å². The zero-order valence-electron chi connectivity index (χ0n) is 7.55. The van der Waals surface area contributed by atoms with Crippen LogP contribution in [0.5, 0.6) is 0 Å². The quantitative estimate of drug-likeness (QED) is 0.814. The summed E-state index contributed by atoms with van der Waals surface area (Å²) in [6, 6.07) is 8.88. The van der Waals surface area contributed by atoms with Crippen LogP contribution >= 0.6 is 11.6 Å². The van der Waals surface area contributed by atoms with E-state index in [0.717, 1.165) is 0 Å². The molecule has 0 radical (unpaired) electrons. The minimum absolute atomic E-state index is 0.0650. The predicted octanol–water partition coefficient (Wildman–Crippen LogP) is 2.77. The highest BCUT2D eigenvalue weighted by Gasteiger charge is 2.19. The third kappa shape index (κ3) is 1.91. The van der Waals surface area contributed by atoms with Crippen LogP contribution in [0, 0.1) is 0 Å². The number of hydrogen-bond acceptors (Lipinski definition) is 3. The van der Waals surface area contributed by atoms with Gasteiger partial charge in [0.05, 0.1) is 11.2 Å². The number of halogens is 1. The molecule has 2 aromatic rings. The van der Waals surface area contributed by atoms with Crippen LogP contribution in [0.15, 0.2) is 57.1 Å². The van der Waals surface area contributed by atoms with Crippen molar-refractivity contribution in [2.24, 2.45) is 0 Å². The molecule has 78 valence electrons. The Morgan fingerprint density at radius 3 is 2.27 bits per heavy atom. The molecule has 15 heavy (non-hydrogen) atoms. The SMILES string of the molecule is O=S(=O)(c1ccc(Cl)cc1)c1ccco1. The Labute approximate surface area is 92.2 Å². The standard InChI is InChI=1S/C10H7ClO3S/c11-8-3-5-9(6-4-8)15(12,13)10-2-1-7-14-10/h1-7H. The van der Waals surface area contributed by atoms with Crippen LogP contribution in [0.2, 0.25) is 5.02 Å². The molecule has 0 aliphatic rings. The summed E-state index contributed by atoms with van der Waals surface area (Å²) in [5, 5.41) is 0.429. The van der Waals surface area contributed by atoms with Crippen LogP contribution in [0.1, 0.15) is 0 Å². The Kier molecular flexibility index (Phi) is 2.54. The summed E-state index contributed by atoms with van der Waals surface area (Å²) in [4.78, 5) is 0.168. The highest BCUT2D eigenvalue weighted by molar-refractivity contribution is 7.91. The summed E-state index contributed by atoms with van der Waals surface area (Å²) < 4.78 is 28.6. The first kappa shape index (κ1) is 10.3. The van der Waals surface area contributed by atoms with E-state index in [9.17, 15) is 8.42 Å². The molecule has 3 nitrogen and oxygen atoms in total. The van der Waals surface area contributed by atoms with Gasteiger partial charge in [-0.15, -0.1) is 0 Å². The number of benzene rings is 1. The van der Waals surface area contributed by atoms with Crippen molar-refractivity contribution in [1.82, 2.24) is 0 Å². The average molecular weight is 243 g/mol. The Bertz CT molecular complexity index is 541. The Morgan fingerprint density at radius 1 is 1.07 bits per heavy atom. The van der Waals surface area contributed by atoms with Crippen molar-refractivity contribution in [3.63, 3.8) is 0 Å². The first-order chi connectivity index (χ1) is 7.10. The lowest BCUT2D eigenvalue weighted by molar-refractivity contribution is 0.450. The van der Waals surface area contributed by atoms with E-state index in [1.54, 1.807) is 0 Å². The first-order valence-electron chi connectivity index (χ1n) is 4.15. The van der Waals surface area contributed by atoms with Gasteiger partial charge in [-0.3, -0.25) is 0 Å². The van der Waals surface area contributed by atoms with Gasteiger partial charge in [-0.25, -0.2) is 8.42 Å². The highest BCUT2D eigenvalue weighted by atomic mass is 35.5. The van der Waals surface area contributed by atoms with Crippen LogP contribution < -0.4 is 0 Å². The molecule has 0 atom stereocenters. The maximum absolute atomic E-state index is 11.9. The maximum atomic E-state index is 11.9. The fourth-order valence-electron chi connectivity index (χ4n) is 1.15. The zero-order chi connectivity index (χ0) is 10.9. The van der Waals surface area contributed by atoms with Gasteiger partial charge in [0.1, 0.15) is 0 Å². The maximum Gasteiger partial charge on any atom is 0.239 e. The molecule has 0 bridgehead atoms. The van der Waals surface area contributed by atoms with Gasteiger partial charge in [0.15, 0.2) is 0 Å². The van der Waals surface area contributed by atoms with Gasteiger partial charge >= 0.3 is 0 Å². The highest BCUT2D eigenvalue weighted by Crippen LogP contribution is 2.22. The van der Waals surface area contributed by atoms with Crippen LogP contribution in [0.4, 0.5) is 0 Å². The molecule has 0 spiro atoms. The van der Waals surface area contributed by atoms with Crippen molar-refractivity contribution in [1.29, 1.82) is 0 Å². The predicted molar refractivity (Wildman–Crippen MR) is 55.6 cm³/mol. The van der Waals surface area contributed by atoms with E-state index < -0.39 is 9.84 Å². The third-order valence-corrected chi connectivity index (χ3v) is 3.79. The Hall–Kier alpha value is -1.26. The van der Waals surface area contributed by atoms with Crippen molar-refractivity contribution in [3.05, 3.63) is 47.7 Å². The molecule has 5 heteroatoms. The molecular formula is C10H7ClO3S. The third-order valence-electron chi connectivity index (χ3n) is 1.88. The molecular weight excluding hydrogens is 236 g/mol. The summed E-state index contributed by atoms with van der Waals surface area (Å²) in [6.07, 6.45) is 1.32. The Morgan fingerprint density at radius 2 is 1.73 bits per heavy atom. The average Bonchev–Trinajstić information content (AvgIpc) is 2.71. The van der Waals surface area contributed by atoms with Crippen molar-refractivity contribution in [2.45, 2.75) is 9.99 Å². The van der Waals surface area contributed by atoms with Crippen molar-refractivity contribution >= 4 is 21.4 Å². The molecule has 0 N–H and O–H groups in total. The second-order valence-electron chi connectivity index (χ2n) is 2.89. The number of furan rings is 1. The minimum Gasteiger partial charge on any atom is -0.453 e. The van der Waals surface area contributed by atoms with E-state index in [1.807, 2.05) is 0 Å². The van der Waals surface area contributed by atoms with Gasteiger partial charge < -0.3 is 4.42 Å². The molecule has 0 aliphatic carbocycles. The Balaban J connectivity index is 2.52. The van der Waals surface area contributed by atoms with Crippen LogP contribution in [0.25, 0.3) is 0 Å². The summed E-state index contributed by atoms with van der Waals surface area (Å²) in [7, 11) is -3.54. The lowest BCUT2D eigenvalue weighted by Gasteiger charge is -2.00. The lowest BCUT2D eigenvalue weighted by Crippen LogP contribution is -1.99. The fourth-order valence-corrected chi connectivity index (χ4v) is 2.44. The summed E-state index contributed by atoms with van der Waals surface area (Å²) >= 11 is 5.67. The zero-order valence-corrected chi connectivity index (χ0v) is 9.12. The van der Waals surface area contributed by atoms with Gasteiger partial charge in [0.25, 0.3) is 0 Å². The lowest BCUT2D eigenvalue weighted by atomic mass is 10.4. The second-order valence-corrected chi connectivity index (χ2v) is 5.21. The van der Waals surface area contributed by atoms with E-state index in [4.69, 9.17) is 16.0 Å². The second kappa shape index (κ2) is 3.72. The smallest absolute Gasteiger partial charge is 0.239 e. The summed E-state index contributed by atoms with van der Waals surface area (Å²) in [6.45, 7) is 0. The van der Waals surface area contributed by atoms with Gasteiger partial charge in [-0.1, -0.05) is 11.6 Å². The molecule has 0 aliphatic heterocycles. The molecule has 1 heterocycles. The number of rotatable bonds is 2. The molecule has 0 saturated heterocycles. The minimum atomic E-state index is -3.54. The van der Waals surface area contributed by atoms with Gasteiger partial charge in [0, 0.05) is 5.02 Å². The molecule has 2 rings (SSSR count). The molecule has 0 saturated carbocycles. The van der Waals surface area contributed by atoms with Crippen LogP contribution in [0.3, 0.4) is 0 Å². The molecule has 0 amide bonds. The normalized spacial score (nSPS) is 11.5. The molecule has 0 unspecified atom stereocenters. The summed E-state index contributed by atoms with van der Waals surface area (Å²) in [5.74, 6) is 0. The largest absolute Gasteiger partial charge is 0.453 e. The first-order valence-corrected chi connectivity index (χ1v) is 6.01. The van der Waals surface area contributed by atoms with Crippen molar-refractivity contribution in [2.75, 3.05) is 0 Å². The van der Waals surface area contributed by atoms with Gasteiger partial charge in [-0.2, -0.15) is 0 Å². The molecule has 1 aromatic heterocycles. The molecule has 0 fully saturated rings. The van der Waals surface area contributed by atoms with E-state index in [2.05, 4.69) is 0 Å². The van der Waals surface area contributed by atoms with Gasteiger partial charge in [0.2, 0.25) is 14.9 Å². The topological polar surface area (TPSA) is 47.3 Å². The van der Waals surface area contributed by atoms with E-state index in [-0.39, 0.29) is 9.99 Å². The van der Waals surface area contributed by atoms with Crippen molar-refractivity contribution < 1.29 is 12.8 Å². The molecule has 1 aromatic carbocycles. The monoisotopic (exact) mass is 242 g/mol. The van der Waals surface area contributed by atoms with E-state index >= 15 is 0 Å². The van der Waals surface area contributed by atoms with E-state index in [1.165, 1.54) is 42.7 Å². The van der Waals surface area contributed by atoms with Crippen molar-refractivity contribution in [3.8, 4) is 0 Å². The summed E-state index contributed by atoms with van der Waals surface area (Å²) in [5.41, 5.74) is 0.